The molecule has 146 valence electrons. The van der Waals surface area contributed by atoms with Crippen LogP contribution in [0.3, 0.4) is 0 Å². The molecule has 2 aromatic carbocycles. The molecule has 0 spiro atoms. The van der Waals surface area contributed by atoms with E-state index in [-0.39, 0.29) is 0 Å². The number of nitrogens with zero attached hydrogens (tertiary/aromatic N) is 2. The van der Waals surface area contributed by atoms with Crippen molar-refractivity contribution in [3.63, 3.8) is 0 Å². The van der Waals surface area contributed by atoms with E-state index < -0.39 is 0 Å². The number of ether oxygens (including phenoxy) is 2. The second-order valence-corrected chi connectivity index (χ2v) is 7.40. The van der Waals surface area contributed by atoms with Crippen molar-refractivity contribution in [2.75, 3.05) is 20.8 Å². The van der Waals surface area contributed by atoms with Crippen LogP contribution in [0.2, 0.25) is 0 Å². The zero-order valence-electron chi connectivity index (χ0n) is 16.3. The van der Waals surface area contributed by atoms with Crippen LogP contribution in [0, 0.1) is 11.8 Å². The highest BCUT2D eigenvalue weighted by Crippen LogP contribution is 2.31. The van der Waals surface area contributed by atoms with Gasteiger partial charge < -0.3 is 18.8 Å². The molecule has 1 N–H and O–H groups in total. The number of aromatic nitrogens is 2. The van der Waals surface area contributed by atoms with Crippen molar-refractivity contribution in [3.05, 3.63) is 57.9 Å². The normalized spacial score (nSPS) is 15.9. The number of aryl methyl sites for hydroxylation is 1. The molecular formula is C21H24N3O3S+. The molecule has 1 unspecified atom stereocenters. The Bertz CT molecular complexity index is 1060. The highest BCUT2D eigenvalue weighted by molar-refractivity contribution is 7.71. The van der Waals surface area contributed by atoms with Gasteiger partial charge >= 0.3 is 0 Å². The molecule has 1 aliphatic heterocycles. The number of rotatable bonds is 5. The summed E-state index contributed by atoms with van der Waals surface area (Å²) in [5, 5.41) is 4.63. The van der Waals surface area contributed by atoms with E-state index in [2.05, 4.69) is 17.2 Å². The Morgan fingerprint density at radius 2 is 1.86 bits per heavy atom. The van der Waals surface area contributed by atoms with E-state index in [1.165, 1.54) is 16.0 Å². The van der Waals surface area contributed by atoms with Crippen molar-refractivity contribution in [1.82, 2.24) is 9.78 Å². The lowest BCUT2D eigenvalue weighted by Gasteiger charge is -2.26. The van der Waals surface area contributed by atoms with Gasteiger partial charge in [0.2, 0.25) is 5.89 Å². The van der Waals surface area contributed by atoms with Crippen molar-refractivity contribution in [3.8, 4) is 23.0 Å². The first-order chi connectivity index (χ1) is 13.6. The SMILES string of the molecule is COc1cc2c(cc1OC)C[NH+](Cn1nc(-c3ccccc3C)oc1=S)CC2. The number of hydrogen-bond donors (Lipinski definition) is 1. The van der Waals surface area contributed by atoms with E-state index in [1.54, 1.807) is 18.9 Å². The van der Waals surface area contributed by atoms with Crippen LogP contribution in [0.4, 0.5) is 0 Å². The van der Waals surface area contributed by atoms with Gasteiger partial charge in [-0.1, -0.05) is 18.2 Å². The Labute approximate surface area is 169 Å². The molecule has 0 saturated heterocycles. The molecule has 1 aromatic heterocycles. The highest BCUT2D eigenvalue weighted by Gasteiger charge is 2.23. The fraction of sp³-hybridized carbons (Fsp3) is 0.333. The predicted octanol–water partition coefficient (Wildman–Crippen LogP) is 2.80. The summed E-state index contributed by atoms with van der Waals surface area (Å²) in [6.07, 6.45) is 0.973. The lowest BCUT2D eigenvalue weighted by molar-refractivity contribution is -0.939. The monoisotopic (exact) mass is 398 g/mol. The van der Waals surface area contributed by atoms with Crippen molar-refractivity contribution in [2.24, 2.45) is 0 Å². The Hall–Kier alpha value is -2.64. The van der Waals surface area contributed by atoms with Gasteiger partial charge in [-0.3, -0.25) is 0 Å². The molecule has 0 amide bonds. The van der Waals surface area contributed by atoms with Crippen LogP contribution in [0.1, 0.15) is 16.7 Å². The molecule has 2 heterocycles. The van der Waals surface area contributed by atoms with Crippen molar-refractivity contribution in [1.29, 1.82) is 0 Å². The van der Waals surface area contributed by atoms with Gasteiger partial charge in [-0.05, 0) is 48.5 Å². The summed E-state index contributed by atoms with van der Waals surface area (Å²) in [6.45, 7) is 4.59. The number of methoxy groups -OCH3 is 2. The van der Waals surface area contributed by atoms with Gasteiger partial charge in [0, 0.05) is 17.5 Å². The minimum absolute atomic E-state index is 0.406. The van der Waals surface area contributed by atoms with Crippen molar-refractivity contribution in [2.45, 2.75) is 26.6 Å². The molecule has 6 nitrogen and oxygen atoms in total. The van der Waals surface area contributed by atoms with E-state index >= 15 is 0 Å². The van der Waals surface area contributed by atoms with Crippen molar-refractivity contribution < 1.29 is 18.8 Å². The summed E-state index contributed by atoms with van der Waals surface area (Å²) in [5.74, 6) is 2.12. The maximum atomic E-state index is 5.78. The number of hydrogen-bond acceptors (Lipinski definition) is 5. The molecule has 7 heteroatoms. The van der Waals surface area contributed by atoms with E-state index in [9.17, 15) is 0 Å². The molecule has 0 radical (unpaired) electrons. The van der Waals surface area contributed by atoms with Gasteiger partial charge in [0.05, 0.1) is 20.8 Å². The Morgan fingerprint density at radius 3 is 2.57 bits per heavy atom. The average Bonchev–Trinajstić information content (AvgIpc) is 3.07. The minimum atomic E-state index is 0.406. The third kappa shape index (κ3) is 3.55. The number of nitrogens with one attached hydrogen (secondary N) is 1. The Morgan fingerprint density at radius 1 is 1.14 bits per heavy atom. The first-order valence-corrected chi connectivity index (χ1v) is 9.71. The standard InChI is InChI=1S/C21H23N3O3S/c1-14-6-4-5-7-17(14)20-22-24(21(28)27-20)13-23-9-8-15-10-18(25-2)19(26-3)11-16(15)12-23/h4-7,10-11H,8-9,12-13H2,1-3H3/p+1. The smallest absolute Gasteiger partial charge is 0.292 e. The Kier molecular flexibility index (Phi) is 5.19. The lowest BCUT2D eigenvalue weighted by Crippen LogP contribution is -3.11. The largest absolute Gasteiger partial charge is 0.493 e. The topological polar surface area (TPSA) is 53.9 Å². The van der Waals surface area contributed by atoms with Gasteiger partial charge in [0.15, 0.2) is 18.2 Å². The van der Waals surface area contributed by atoms with Crippen LogP contribution in [0.15, 0.2) is 40.8 Å². The molecule has 1 atom stereocenters. The molecule has 0 saturated carbocycles. The van der Waals surface area contributed by atoms with Crippen LogP contribution < -0.4 is 14.4 Å². The molecule has 0 fully saturated rings. The fourth-order valence-corrected chi connectivity index (χ4v) is 3.89. The van der Waals surface area contributed by atoms with E-state index in [4.69, 9.17) is 26.1 Å². The zero-order valence-corrected chi connectivity index (χ0v) is 17.1. The maximum absolute atomic E-state index is 5.78. The highest BCUT2D eigenvalue weighted by atomic mass is 32.1. The summed E-state index contributed by atoms with van der Waals surface area (Å²) in [5.41, 5.74) is 4.67. The zero-order chi connectivity index (χ0) is 19.7. The predicted molar refractivity (Wildman–Crippen MR) is 108 cm³/mol. The van der Waals surface area contributed by atoms with Crippen LogP contribution >= 0.6 is 12.2 Å². The Balaban J connectivity index is 1.55. The number of fused-ring (bicyclic) bond motifs is 1. The van der Waals surface area contributed by atoms with Gasteiger partial charge in [-0.25, -0.2) is 0 Å². The third-order valence-electron chi connectivity index (χ3n) is 5.25. The quantitative estimate of drug-likeness (QED) is 0.670. The van der Waals surface area contributed by atoms with E-state index in [0.29, 0.717) is 17.4 Å². The molecule has 3 aromatic rings. The van der Waals surface area contributed by atoms with Gasteiger partial charge in [-0.15, -0.1) is 5.10 Å². The molecular weight excluding hydrogens is 374 g/mol. The lowest BCUT2D eigenvalue weighted by atomic mass is 9.99. The van der Waals surface area contributed by atoms with Gasteiger partial charge in [0.25, 0.3) is 4.84 Å². The number of quaternary nitrogens is 1. The first kappa shape index (κ1) is 18.7. The second-order valence-electron chi connectivity index (χ2n) is 7.05. The molecule has 0 aliphatic carbocycles. The van der Waals surface area contributed by atoms with Gasteiger partial charge in [0.1, 0.15) is 6.54 Å². The average molecular weight is 399 g/mol. The fourth-order valence-electron chi connectivity index (χ4n) is 3.70. The molecule has 28 heavy (non-hydrogen) atoms. The van der Waals surface area contributed by atoms with Crippen LogP contribution in [0.5, 0.6) is 11.5 Å². The summed E-state index contributed by atoms with van der Waals surface area (Å²) in [6, 6.07) is 12.2. The van der Waals surface area contributed by atoms with Crippen LogP contribution in [-0.2, 0) is 19.6 Å². The molecule has 4 rings (SSSR count). The van der Waals surface area contributed by atoms with Gasteiger partial charge in [-0.2, -0.15) is 4.68 Å². The van der Waals surface area contributed by atoms with E-state index in [1.807, 2.05) is 31.2 Å². The van der Waals surface area contributed by atoms with Crippen LogP contribution in [-0.4, -0.2) is 30.5 Å². The summed E-state index contributed by atoms with van der Waals surface area (Å²) in [7, 11) is 3.34. The van der Waals surface area contributed by atoms with Crippen LogP contribution in [0.25, 0.3) is 11.5 Å². The molecule has 1 aliphatic rings. The summed E-state index contributed by atoms with van der Waals surface area (Å²) < 4.78 is 18.4. The number of benzene rings is 2. The maximum Gasteiger partial charge on any atom is 0.292 e. The molecule has 0 bridgehead atoms. The van der Waals surface area contributed by atoms with E-state index in [0.717, 1.165) is 42.1 Å². The minimum Gasteiger partial charge on any atom is -0.493 e. The summed E-state index contributed by atoms with van der Waals surface area (Å²) >= 11 is 5.42. The van der Waals surface area contributed by atoms with Crippen molar-refractivity contribution >= 4 is 12.2 Å². The second kappa shape index (κ2) is 7.77. The first-order valence-electron chi connectivity index (χ1n) is 9.30. The third-order valence-corrected chi connectivity index (χ3v) is 5.54. The summed E-state index contributed by atoms with van der Waals surface area (Å²) in [4.78, 5) is 1.78.